The van der Waals surface area contributed by atoms with Gasteiger partial charge in [-0.25, -0.2) is 9.97 Å². The van der Waals surface area contributed by atoms with Crippen LogP contribution >= 0.6 is 0 Å². The van der Waals surface area contributed by atoms with Crippen molar-refractivity contribution in [1.29, 1.82) is 0 Å². The molecule has 0 radical (unpaired) electrons. The van der Waals surface area contributed by atoms with Crippen molar-refractivity contribution in [1.82, 2.24) is 19.9 Å². The van der Waals surface area contributed by atoms with Crippen LogP contribution in [0.15, 0.2) is 42.5 Å². The Kier molecular flexibility index (Phi) is 8.68. The number of aromatic nitrogens is 3. The number of ether oxygens (including phenoxy) is 2. The lowest BCUT2D eigenvalue weighted by atomic mass is 10.0. The SMILES string of the molecule is CCCCOc1cccc(Nc2ccc(-c3nc4c(c(N5CCOC[C@@H]5C)n3)CCN(CCO)C4)cc2)n1. The number of aliphatic hydroxyl groups is 1. The van der Waals surface area contributed by atoms with Crippen LogP contribution in [0.25, 0.3) is 11.4 Å². The van der Waals surface area contributed by atoms with Crippen molar-refractivity contribution in [2.75, 3.05) is 56.3 Å². The summed E-state index contributed by atoms with van der Waals surface area (Å²) in [6.07, 6.45) is 2.98. The van der Waals surface area contributed by atoms with Crippen LogP contribution in [0.2, 0.25) is 0 Å². The standard InChI is InChI=1S/C29H38N6O3/c1-3-4-17-38-27-7-5-6-26(32-27)30-23-10-8-22(9-11-23)28-31-25-19-34(14-16-36)13-12-24(25)29(33-28)35-15-18-37-20-21(35)2/h5-11,21,36H,3-4,12-20H2,1-2H3,(H,30,32)/t21-/m0/s1. The Labute approximate surface area is 224 Å². The highest BCUT2D eigenvalue weighted by Crippen LogP contribution is 2.32. The minimum atomic E-state index is 0.151. The molecule has 1 saturated heterocycles. The van der Waals surface area contributed by atoms with E-state index in [2.05, 4.69) is 33.9 Å². The van der Waals surface area contributed by atoms with Gasteiger partial charge in [-0.2, -0.15) is 4.98 Å². The first-order valence-electron chi connectivity index (χ1n) is 13.7. The second-order valence-electron chi connectivity index (χ2n) is 9.93. The van der Waals surface area contributed by atoms with E-state index in [0.717, 1.165) is 73.3 Å². The van der Waals surface area contributed by atoms with E-state index in [1.807, 2.05) is 42.5 Å². The maximum Gasteiger partial charge on any atom is 0.215 e. The number of rotatable bonds is 10. The number of β-amino-alcohol motifs (C(OH)–C–C–N with tert-alkyl or cyclic N) is 1. The minimum absolute atomic E-state index is 0.151. The van der Waals surface area contributed by atoms with Gasteiger partial charge in [-0.15, -0.1) is 0 Å². The number of aliphatic hydroxyl groups excluding tert-OH is 1. The summed E-state index contributed by atoms with van der Waals surface area (Å²) in [6, 6.07) is 14.2. The molecule has 2 aliphatic rings. The molecular weight excluding hydrogens is 480 g/mol. The Morgan fingerprint density at radius 1 is 1.11 bits per heavy atom. The molecule has 3 aromatic rings. The maximum absolute atomic E-state index is 9.47. The number of fused-ring (bicyclic) bond motifs is 1. The number of unbranched alkanes of at least 4 members (excludes halogenated alkanes) is 1. The van der Waals surface area contributed by atoms with Crippen molar-refractivity contribution in [2.45, 2.75) is 45.7 Å². The molecule has 0 unspecified atom stereocenters. The maximum atomic E-state index is 9.47. The monoisotopic (exact) mass is 518 g/mol. The Morgan fingerprint density at radius 3 is 2.76 bits per heavy atom. The zero-order valence-electron chi connectivity index (χ0n) is 22.4. The van der Waals surface area contributed by atoms with Crippen LogP contribution in [0, 0.1) is 0 Å². The van der Waals surface area contributed by atoms with Gasteiger partial charge in [0.25, 0.3) is 0 Å². The molecule has 0 amide bonds. The van der Waals surface area contributed by atoms with Crippen molar-refractivity contribution < 1.29 is 14.6 Å². The van der Waals surface area contributed by atoms with Gasteiger partial charge in [0.2, 0.25) is 5.88 Å². The molecule has 2 N–H and O–H groups in total. The van der Waals surface area contributed by atoms with Crippen molar-refractivity contribution >= 4 is 17.3 Å². The molecule has 1 aromatic carbocycles. The third-order valence-electron chi connectivity index (χ3n) is 7.07. The topological polar surface area (TPSA) is 95.9 Å². The molecule has 4 heterocycles. The molecule has 9 heteroatoms. The molecule has 1 atom stereocenters. The molecule has 0 spiro atoms. The van der Waals surface area contributed by atoms with E-state index in [-0.39, 0.29) is 12.6 Å². The van der Waals surface area contributed by atoms with E-state index >= 15 is 0 Å². The first-order valence-corrected chi connectivity index (χ1v) is 13.7. The van der Waals surface area contributed by atoms with E-state index in [4.69, 9.17) is 19.4 Å². The average Bonchev–Trinajstić information content (AvgIpc) is 2.94. The predicted octanol–water partition coefficient (Wildman–Crippen LogP) is 4.04. The van der Waals surface area contributed by atoms with Gasteiger partial charge in [0.1, 0.15) is 11.6 Å². The number of nitrogens with zero attached hydrogens (tertiary/aromatic N) is 5. The van der Waals surface area contributed by atoms with Crippen LogP contribution in [-0.4, -0.2) is 77.1 Å². The molecule has 1 fully saturated rings. The van der Waals surface area contributed by atoms with Crippen LogP contribution in [-0.2, 0) is 17.7 Å². The van der Waals surface area contributed by atoms with Crippen molar-refractivity contribution in [2.24, 2.45) is 0 Å². The Hall–Kier alpha value is -3.27. The quantitative estimate of drug-likeness (QED) is 0.386. The van der Waals surface area contributed by atoms with Gasteiger partial charge in [-0.05, 0) is 50.1 Å². The van der Waals surface area contributed by atoms with Crippen LogP contribution in [0.5, 0.6) is 5.88 Å². The van der Waals surface area contributed by atoms with E-state index in [0.29, 0.717) is 32.2 Å². The highest BCUT2D eigenvalue weighted by atomic mass is 16.5. The summed E-state index contributed by atoms with van der Waals surface area (Å²) in [5.74, 6) is 3.11. The summed E-state index contributed by atoms with van der Waals surface area (Å²) in [4.78, 5) is 19.3. The number of pyridine rings is 1. The van der Waals surface area contributed by atoms with E-state index in [1.54, 1.807) is 0 Å². The van der Waals surface area contributed by atoms with Crippen molar-refractivity contribution in [3.8, 4) is 17.3 Å². The highest BCUT2D eigenvalue weighted by molar-refractivity contribution is 5.66. The zero-order valence-corrected chi connectivity index (χ0v) is 22.4. The summed E-state index contributed by atoms with van der Waals surface area (Å²) < 4.78 is 11.4. The van der Waals surface area contributed by atoms with Gasteiger partial charge in [0.05, 0.1) is 38.2 Å². The number of anilines is 3. The lowest BCUT2D eigenvalue weighted by Crippen LogP contribution is -2.45. The van der Waals surface area contributed by atoms with Gasteiger partial charge in [0, 0.05) is 49.1 Å². The lowest BCUT2D eigenvalue weighted by molar-refractivity contribution is 0.0983. The molecule has 5 rings (SSSR count). The van der Waals surface area contributed by atoms with Gasteiger partial charge in [-0.3, -0.25) is 4.90 Å². The molecular formula is C29H38N6O3. The third kappa shape index (κ3) is 6.23. The second kappa shape index (κ2) is 12.5. The Balaban J connectivity index is 1.38. The first kappa shape index (κ1) is 26.3. The van der Waals surface area contributed by atoms with Crippen LogP contribution in [0.1, 0.15) is 37.9 Å². The molecule has 2 aromatic heterocycles. The van der Waals surface area contributed by atoms with E-state index in [1.165, 1.54) is 5.56 Å². The third-order valence-corrected chi connectivity index (χ3v) is 7.07. The van der Waals surface area contributed by atoms with Gasteiger partial charge in [0.15, 0.2) is 5.82 Å². The first-order chi connectivity index (χ1) is 18.6. The molecule has 9 nitrogen and oxygen atoms in total. The van der Waals surface area contributed by atoms with Crippen LogP contribution in [0.4, 0.5) is 17.3 Å². The molecule has 0 aliphatic carbocycles. The van der Waals surface area contributed by atoms with Crippen LogP contribution < -0.4 is 15.0 Å². The number of hydrogen-bond donors (Lipinski definition) is 2. The minimum Gasteiger partial charge on any atom is -0.478 e. The summed E-state index contributed by atoms with van der Waals surface area (Å²) in [5, 5.41) is 12.8. The largest absolute Gasteiger partial charge is 0.478 e. The fourth-order valence-electron chi connectivity index (χ4n) is 4.94. The number of benzene rings is 1. The molecule has 2 aliphatic heterocycles. The summed E-state index contributed by atoms with van der Waals surface area (Å²) in [6.45, 7) is 9.65. The summed E-state index contributed by atoms with van der Waals surface area (Å²) >= 11 is 0. The number of nitrogens with one attached hydrogen (secondary N) is 1. The van der Waals surface area contributed by atoms with Crippen LogP contribution in [0.3, 0.4) is 0 Å². The second-order valence-corrected chi connectivity index (χ2v) is 9.93. The number of morpholine rings is 1. The molecule has 0 bridgehead atoms. The Morgan fingerprint density at radius 2 is 1.97 bits per heavy atom. The highest BCUT2D eigenvalue weighted by Gasteiger charge is 2.28. The summed E-state index contributed by atoms with van der Waals surface area (Å²) in [7, 11) is 0. The van der Waals surface area contributed by atoms with Gasteiger partial charge in [-0.1, -0.05) is 19.4 Å². The fourth-order valence-corrected chi connectivity index (χ4v) is 4.94. The zero-order chi connectivity index (χ0) is 26.3. The van der Waals surface area contributed by atoms with E-state index in [9.17, 15) is 5.11 Å². The fraction of sp³-hybridized carbons (Fsp3) is 0.483. The Bertz CT molecular complexity index is 1210. The average molecular weight is 519 g/mol. The normalized spacial score (nSPS) is 17.8. The van der Waals surface area contributed by atoms with Gasteiger partial charge >= 0.3 is 0 Å². The molecule has 38 heavy (non-hydrogen) atoms. The van der Waals surface area contributed by atoms with Crippen molar-refractivity contribution in [3.63, 3.8) is 0 Å². The smallest absolute Gasteiger partial charge is 0.215 e. The lowest BCUT2D eigenvalue weighted by Gasteiger charge is -2.37. The summed E-state index contributed by atoms with van der Waals surface area (Å²) in [5.41, 5.74) is 4.17. The molecule has 0 saturated carbocycles. The van der Waals surface area contributed by atoms with Crippen molar-refractivity contribution in [3.05, 3.63) is 53.7 Å². The molecule has 202 valence electrons. The van der Waals surface area contributed by atoms with E-state index < -0.39 is 0 Å². The predicted molar refractivity (Wildman–Crippen MR) is 149 cm³/mol. The number of hydrogen-bond acceptors (Lipinski definition) is 9. The van der Waals surface area contributed by atoms with Gasteiger partial charge < -0.3 is 24.8 Å².